The summed E-state index contributed by atoms with van der Waals surface area (Å²) in [6, 6.07) is 0. The minimum Gasteiger partial charge on any atom is -0.273 e. The minimum absolute atomic E-state index is 0.454. The van der Waals surface area contributed by atoms with Gasteiger partial charge in [-0.15, -0.1) is 0 Å². The highest BCUT2D eigenvalue weighted by molar-refractivity contribution is 7.71. The van der Waals surface area contributed by atoms with Crippen LogP contribution in [-0.4, -0.2) is 15.4 Å². The summed E-state index contributed by atoms with van der Waals surface area (Å²) in [5, 5.41) is 9.40. The van der Waals surface area contributed by atoms with E-state index in [1.807, 2.05) is 0 Å². The van der Waals surface area contributed by atoms with Crippen molar-refractivity contribution in [1.29, 1.82) is 0 Å². The molecule has 0 aromatic carbocycles. The first-order chi connectivity index (χ1) is 4.75. The number of aromatic amines is 2. The Morgan fingerprint density at radius 3 is 2.80 bits per heavy atom. The van der Waals surface area contributed by atoms with Gasteiger partial charge in [-0.05, 0) is 6.42 Å². The van der Waals surface area contributed by atoms with Crippen LogP contribution in [0.4, 0.5) is 0 Å². The lowest BCUT2D eigenvalue weighted by molar-refractivity contribution is 0.701. The van der Waals surface area contributed by atoms with E-state index in [4.69, 9.17) is 12.2 Å². The smallest absolute Gasteiger partial charge is 0.142 e. The van der Waals surface area contributed by atoms with Crippen molar-refractivity contribution in [1.82, 2.24) is 15.4 Å². The van der Waals surface area contributed by atoms with Gasteiger partial charge < -0.3 is 0 Å². The molecule has 0 bridgehead atoms. The zero-order chi connectivity index (χ0) is 7.56. The molecular weight excluding hydrogens is 146 g/mol. The van der Waals surface area contributed by atoms with Crippen LogP contribution in [0.15, 0.2) is 0 Å². The lowest BCUT2D eigenvalue weighted by atomic mass is 10.1. The molecule has 1 aromatic heterocycles. The summed E-state index contributed by atoms with van der Waals surface area (Å²) in [4.78, 5) is 0. The molecule has 0 fully saturated rings. The minimum atomic E-state index is 0.454. The molecule has 1 rings (SSSR count). The lowest BCUT2D eigenvalue weighted by Gasteiger charge is -2.00. The average molecular weight is 157 g/mol. The summed E-state index contributed by atoms with van der Waals surface area (Å²) in [5.74, 6) is 0.454. The Balaban J connectivity index is 2.93. The Bertz CT molecular complexity index is 249. The van der Waals surface area contributed by atoms with Crippen LogP contribution in [0.2, 0.25) is 0 Å². The van der Waals surface area contributed by atoms with E-state index >= 15 is 0 Å². The highest BCUT2D eigenvalue weighted by atomic mass is 32.1. The van der Waals surface area contributed by atoms with Gasteiger partial charge in [0.05, 0.1) is 0 Å². The maximum Gasteiger partial charge on any atom is 0.142 e. The standard InChI is InChI=1S/C6H11N3S/c1-3-4(2)5-6(10)8-9-7-5/h4H,3H2,1-2H3,(H2,7,8,9,10). The molecule has 0 aliphatic rings. The van der Waals surface area contributed by atoms with Crippen LogP contribution in [0.25, 0.3) is 0 Å². The van der Waals surface area contributed by atoms with E-state index in [1.165, 1.54) is 0 Å². The first-order valence-electron chi connectivity index (χ1n) is 3.38. The van der Waals surface area contributed by atoms with Gasteiger partial charge in [-0.3, -0.25) is 5.10 Å². The Morgan fingerprint density at radius 2 is 2.40 bits per heavy atom. The summed E-state index contributed by atoms with van der Waals surface area (Å²) in [7, 11) is 0. The molecule has 0 saturated heterocycles. The Kier molecular flexibility index (Phi) is 2.21. The molecule has 10 heavy (non-hydrogen) atoms. The van der Waals surface area contributed by atoms with Crippen molar-refractivity contribution < 1.29 is 0 Å². The summed E-state index contributed by atoms with van der Waals surface area (Å²) in [5.41, 5.74) is 0.970. The number of nitrogens with zero attached hydrogens (tertiary/aromatic N) is 1. The molecule has 1 unspecified atom stereocenters. The fourth-order valence-electron chi connectivity index (χ4n) is 0.781. The first-order valence-corrected chi connectivity index (χ1v) is 3.79. The number of hydrogen-bond acceptors (Lipinski definition) is 2. The molecule has 56 valence electrons. The third kappa shape index (κ3) is 1.26. The average Bonchev–Trinajstić information content (AvgIpc) is 2.34. The molecule has 0 spiro atoms. The molecule has 1 heterocycles. The number of hydrogen-bond donors (Lipinski definition) is 2. The predicted molar refractivity (Wildman–Crippen MR) is 42.5 cm³/mol. The zero-order valence-electron chi connectivity index (χ0n) is 6.14. The molecule has 0 saturated carbocycles. The van der Waals surface area contributed by atoms with Crippen LogP contribution >= 0.6 is 12.2 Å². The highest BCUT2D eigenvalue weighted by Gasteiger charge is 2.06. The topological polar surface area (TPSA) is 44.5 Å². The first kappa shape index (κ1) is 7.47. The van der Waals surface area contributed by atoms with Gasteiger partial charge in [0.1, 0.15) is 10.3 Å². The van der Waals surface area contributed by atoms with Gasteiger partial charge in [0.2, 0.25) is 0 Å². The van der Waals surface area contributed by atoms with Crippen LogP contribution in [0, 0.1) is 4.64 Å². The second-order valence-electron chi connectivity index (χ2n) is 2.37. The summed E-state index contributed by atoms with van der Waals surface area (Å²) in [6.45, 7) is 4.23. The van der Waals surface area contributed by atoms with Crippen LogP contribution in [0.3, 0.4) is 0 Å². The molecule has 0 aliphatic heterocycles. The number of aromatic nitrogens is 3. The fraction of sp³-hybridized carbons (Fsp3) is 0.667. The van der Waals surface area contributed by atoms with Gasteiger partial charge in [-0.1, -0.05) is 26.1 Å². The molecule has 3 nitrogen and oxygen atoms in total. The summed E-state index contributed by atoms with van der Waals surface area (Å²) < 4.78 is 0.731. The Labute approximate surface area is 64.8 Å². The predicted octanol–water partition coefficient (Wildman–Crippen LogP) is 1.98. The summed E-state index contributed by atoms with van der Waals surface area (Å²) in [6.07, 6.45) is 1.07. The second-order valence-corrected chi connectivity index (χ2v) is 2.78. The zero-order valence-corrected chi connectivity index (χ0v) is 6.96. The van der Waals surface area contributed by atoms with Crippen molar-refractivity contribution in [2.24, 2.45) is 0 Å². The van der Waals surface area contributed by atoms with E-state index in [1.54, 1.807) is 0 Å². The van der Waals surface area contributed by atoms with Gasteiger partial charge in [-0.2, -0.15) is 5.10 Å². The van der Waals surface area contributed by atoms with Crippen molar-refractivity contribution in [3.05, 3.63) is 10.3 Å². The van der Waals surface area contributed by atoms with E-state index in [0.29, 0.717) is 5.92 Å². The Morgan fingerprint density at radius 1 is 1.70 bits per heavy atom. The lowest BCUT2D eigenvalue weighted by Crippen LogP contribution is -1.91. The van der Waals surface area contributed by atoms with E-state index in [2.05, 4.69) is 29.3 Å². The number of H-pyrrole nitrogens is 2. The molecule has 1 aromatic rings. The van der Waals surface area contributed by atoms with Crippen LogP contribution in [-0.2, 0) is 0 Å². The maximum atomic E-state index is 4.98. The van der Waals surface area contributed by atoms with Crippen LogP contribution in [0.1, 0.15) is 31.9 Å². The van der Waals surface area contributed by atoms with Crippen molar-refractivity contribution in [3.8, 4) is 0 Å². The molecule has 0 amide bonds. The second kappa shape index (κ2) is 2.96. The Hall–Kier alpha value is -0.640. The van der Waals surface area contributed by atoms with Crippen LogP contribution < -0.4 is 0 Å². The van der Waals surface area contributed by atoms with Gasteiger partial charge in [0.15, 0.2) is 0 Å². The van der Waals surface area contributed by atoms with E-state index in [9.17, 15) is 0 Å². The number of rotatable bonds is 2. The summed E-state index contributed by atoms with van der Waals surface area (Å²) >= 11 is 4.98. The molecule has 0 radical (unpaired) electrons. The van der Waals surface area contributed by atoms with Gasteiger partial charge in [-0.25, -0.2) is 5.21 Å². The van der Waals surface area contributed by atoms with Crippen molar-refractivity contribution in [2.45, 2.75) is 26.2 Å². The third-order valence-corrected chi connectivity index (χ3v) is 1.97. The fourth-order valence-corrected chi connectivity index (χ4v) is 1.07. The largest absolute Gasteiger partial charge is 0.273 e. The van der Waals surface area contributed by atoms with Gasteiger partial charge >= 0.3 is 0 Å². The van der Waals surface area contributed by atoms with Crippen LogP contribution in [0.5, 0.6) is 0 Å². The van der Waals surface area contributed by atoms with Gasteiger partial charge in [0, 0.05) is 5.92 Å². The van der Waals surface area contributed by atoms with E-state index in [0.717, 1.165) is 16.8 Å². The molecule has 0 aliphatic carbocycles. The quantitative estimate of drug-likeness (QED) is 0.645. The third-order valence-electron chi connectivity index (χ3n) is 1.66. The normalized spacial score (nSPS) is 13.4. The maximum absolute atomic E-state index is 4.98. The van der Waals surface area contributed by atoms with Crippen molar-refractivity contribution >= 4 is 12.2 Å². The van der Waals surface area contributed by atoms with E-state index in [-0.39, 0.29) is 0 Å². The van der Waals surface area contributed by atoms with Crippen molar-refractivity contribution in [2.75, 3.05) is 0 Å². The monoisotopic (exact) mass is 157 g/mol. The van der Waals surface area contributed by atoms with Gasteiger partial charge in [0.25, 0.3) is 0 Å². The highest BCUT2D eigenvalue weighted by Crippen LogP contribution is 2.14. The number of nitrogens with one attached hydrogen (secondary N) is 2. The molecule has 2 N–H and O–H groups in total. The molecular formula is C6H11N3S. The SMILES string of the molecule is CCC(C)c1n[nH][nH]c1=S. The molecule has 4 heteroatoms. The molecule has 1 atom stereocenters. The van der Waals surface area contributed by atoms with E-state index < -0.39 is 0 Å². The van der Waals surface area contributed by atoms with Crippen molar-refractivity contribution in [3.63, 3.8) is 0 Å².